The molecule has 0 fully saturated rings. The van der Waals surface area contributed by atoms with E-state index in [1.807, 2.05) is 32.9 Å². The Kier molecular flexibility index (Phi) is 4.39. The summed E-state index contributed by atoms with van der Waals surface area (Å²) in [7, 11) is -3.78. The first kappa shape index (κ1) is 16.0. The number of halogens is 2. The van der Waals surface area contributed by atoms with E-state index in [0.29, 0.717) is 5.69 Å². The molecule has 0 radical (unpaired) electrons. The summed E-state index contributed by atoms with van der Waals surface area (Å²) in [4.78, 5) is 0.00303. The topological polar surface area (TPSA) is 46.2 Å². The van der Waals surface area contributed by atoms with E-state index in [-0.39, 0.29) is 9.37 Å². The second-order valence-corrected chi connectivity index (χ2v) is 7.46. The number of hydrogen-bond donors (Lipinski definition) is 1. The van der Waals surface area contributed by atoms with Gasteiger partial charge in [-0.25, -0.2) is 12.8 Å². The van der Waals surface area contributed by atoms with Crippen molar-refractivity contribution in [3.63, 3.8) is 0 Å². The number of anilines is 1. The Labute approximate surface area is 132 Å². The lowest BCUT2D eigenvalue weighted by Gasteiger charge is -2.15. The Hall–Kier alpha value is -1.40. The van der Waals surface area contributed by atoms with Crippen LogP contribution in [0.3, 0.4) is 0 Å². The van der Waals surface area contributed by atoms with Crippen molar-refractivity contribution in [2.24, 2.45) is 0 Å². The lowest BCUT2D eigenvalue weighted by molar-refractivity contribution is 0.599. The number of benzene rings is 2. The first-order chi connectivity index (χ1) is 9.70. The van der Waals surface area contributed by atoms with Crippen molar-refractivity contribution in [1.29, 1.82) is 0 Å². The van der Waals surface area contributed by atoms with Gasteiger partial charge >= 0.3 is 0 Å². The Bertz CT molecular complexity index is 780. The van der Waals surface area contributed by atoms with Crippen molar-refractivity contribution in [3.05, 3.63) is 57.3 Å². The number of rotatable bonds is 3. The Balaban J connectivity index is 2.47. The number of hydrogen-bond acceptors (Lipinski definition) is 2. The highest BCUT2D eigenvalue weighted by Crippen LogP contribution is 2.28. The lowest BCUT2D eigenvalue weighted by Crippen LogP contribution is -2.15. The molecule has 3 nitrogen and oxygen atoms in total. The molecular formula is C15H15BrFNO2S. The minimum absolute atomic E-state index is 0.00303. The molecule has 2 aromatic rings. The van der Waals surface area contributed by atoms with Crippen LogP contribution >= 0.6 is 15.9 Å². The number of nitrogens with one attached hydrogen (secondary N) is 1. The van der Waals surface area contributed by atoms with E-state index in [1.54, 1.807) is 0 Å². The van der Waals surface area contributed by atoms with Gasteiger partial charge in [-0.15, -0.1) is 0 Å². The highest BCUT2D eigenvalue weighted by Gasteiger charge is 2.20. The normalized spacial score (nSPS) is 11.5. The van der Waals surface area contributed by atoms with Crippen molar-refractivity contribution in [3.8, 4) is 0 Å². The molecule has 0 aliphatic heterocycles. The molecule has 0 bridgehead atoms. The van der Waals surface area contributed by atoms with Crippen LogP contribution in [0, 0.1) is 26.6 Å². The predicted molar refractivity (Wildman–Crippen MR) is 85.6 cm³/mol. The van der Waals surface area contributed by atoms with Crippen LogP contribution in [0.4, 0.5) is 10.1 Å². The summed E-state index contributed by atoms with van der Waals surface area (Å²) in [5, 5.41) is 0. The smallest absolute Gasteiger partial charge is 0.263 e. The standard InChI is InChI=1S/C15H15BrFNO2S/c1-9-6-10(2)15(11(3)7-9)18-21(19,20)14-5-4-12(17)8-13(14)16/h4-8,18H,1-3H3. The van der Waals surface area contributed by atoms with Crippen molar-refractivity contribution in [1.82, 2.24) is 0 Å². The molecule has 0 heterocycles. The Morgan fingerprint density at radius 2 is 1.62 bits per heavy atom. The monoisotopic (exact) mass is 371 g/mol. The van der Waals surface area contributed by atoms with E-state index in [1.165, 1.54) is 6.07 Å². The summed E-state index contributed by atoms with van der Waals surface area (Å²) in [6, 6.07) is 7.30. The quantitative estimate of drug-likeness (QED) is 0.873. The summed E-state index contributed by atoms with van der Waals surface area (Å²) < 4.78 is 40.8. The van der Waals surface area contributed by atoms with E-state index < -0.39 is 15.8 Å². The van der Waals surface area contributed by atoms with Crippen molar-refractivity contribution < 1.29 is 12.8 Å². The zero-order chi connectivity index (χ0) is 15.8. The van der Waals surface area contributed by atoms with Crippen LogP contribution in [0.25, 0.3) is 0 Å². The molecule has 0 saturated carbocycles. The maximum atomic E-state index is 13.1. The lowest BCUT2D eigenvalue weighted by atomic mass is 10.1. The van der Waals surface area contributed by atoms with Crippen molar-refractivity contribution >= 4 is 31.6 Å². The summed E-state index contributed by atoms with van der Waals surface area (Å²) in [6.45, 7) is 5.64. The zero-order valence-corrected chi connectivity index (χ0v) is 14.3. The molecule has 0 aliphatic rings. The van der Waals surface area contributed by atoms with Gasteiger partial charge in [0.25, 0.3) is 10.0 Å². The van der Waals surface area contributed by atoms with Crippen molar-refractivity contribution in [2.45, 2.75) is 25.7 Å². The molecule has 0 aromatic heterocycles. The molecule has 0 aliphatic carbocycles. The van der Waals surface area contributed by atoms with Crippen molar-refractivity contribution in [2.75, 3.05) is 4.72 Å². The number of aryl methyl sites for hydroxylation is 3. The maximum absolute atomic E-state index is 13.1. The minimum atomic E-state index is -3.78. The van der Waals surface area contributed by atoms with Gasteiger partial charge in [0.05, 0.1) is 5.69 Å². The highest BCUT2D eigenvalue weighted by molar-refractivity contribution is 9.10. The molecule has 112 valence electrons. The molecule has 21 heavy (non-hydrogen) atoms. The summed E-state index contributed by atoms with van der Waals surface area (Å²) in [5.74, 6) is -0.497. The van der Waals surface area contributed by atoms with E-state index in [2.05, 4.69) is 20.7 Å². The third kappa shape index (κ3) is 3.44. The third-order valence-corrected chi connectivity index (χ3v) is 5.42. The Morgan fingerprint density at radius 1 is 1.05 bits per heavy atom. The Morgan fingerprint density at radius 3 is 2.14 bits per heavy atom. The van der Waals surface area contributed by atoms with Gasteiger partial charge in [-0.1, -0.05) is 17.7 Å². The molecule has 0 amide bonds. The number of sulfonamides is 1. The predicted octanol–water partition coefficient (Wildman–Crippen LogP) is 4.31. The van der Waals surface area contributed by atoms with Crippen LogP contribution < -0.4 is 4.72 Å². The molecular weight excluding hydrogens is 357 g/mol. The summed E-state index contributed by atoms with van der Waals surface area (Å²) >= 11 is 3.09. The molecule has 2 rings (SSSR count). The van der Waals surface area contributed by atoms with E-state index >= 15 is 0 Å². The maximum Gasteiger partial charge on any atom is 0.263 e. The van der Waals surface area contributed by atoms with Crippen LogP contribution in [0.1, 0.15) is 16.7 Å². The molecule has 0 saturated heterocycles. The van der Waals surface area contributed by atoms with Gasteiger partial charge in [-0.2, -0.15) is 0 Å². The minimum Gasteiger partial charge on any atom is -0.279 e. The highest BCUT2D eigenvalue weighted by atomic mass is 79.9. The van der Waals surface area contributed by atoms with Gasteiger partial charge < -0.3 is 0 Å². The van der Waals surface area contributed by atoms with Crippen LogP contribution in [0.2, 0.25) is 0 Å². The van der Waals surface area contributed by atoms with Crippen LogP contribution in [-0.4, -0.2) is 8.42 Å². The van der Waals surface area contributed by atoms with Gasteiger partial charge in [-0.3, -0.25) is 4.72 Å². The second kappa shape index (κ2) is 5.77. The fourth-order valence-electron chi connectivity index (χ4n) is 2.22. The fraction of sp³-hybridized carbons (Fsp3) is 0.200. The molecule has 0 unspecified atom stereocenters. The van der Waals surface area contributed by atoms with Gasteiger partial charge in [0.15, 0.2) is 0 Å². The zero-order valence-electron chi connectivity index (χ0n) is 11.9. The fourth-order valence-corrected chi connectivity index (χ4v) is 4.48. The molecule has 2 aromatic carbocycles. The second-order valence-electron chi connectivity index (χ2n) is 4.95. The van der Waals surface area contributed by atoms with Gasteiger partial charge in [0.1, 0.15) is 10.7 Å². The van der Waals surface area contributed by atoms with Crippen LogP contribution in [-0.2, 0) is 10.0 Å². The van der Waals surface area contributed by atoms with E-state index in [0.717, 1.165) is 28.8 Å². The molecule has 1 N–H and O–H groups in total. The van der Waals surface area contributed by atoms with E-state index in [4.69, 9.17) is 0 Å². The van der Waals surface area contributed by atoms with Gasteiger partial charge in [-0.05, 0) is 66.0 Å². The van der Waals surface area contributed by atoms with Gasteiger partial charge in [0.2, 0.25) is 0 Å². The van der Waals surface area contributed by atoms with E-state index in [9.17, 15) is 12.8 Å². The SMILES string of the molecule is Cc1cc(C)c(NS(=O)(=O)c2ccc(F)cc2Br)c(C)c1. The van der Waals surface area contributed by atoms with Gasteiger partial charge in [0, 0.05) is 4.47 Å². The molecule has 6 heteroatoms. The van der Waals surface area contributed by atoms with Crippen LogP contribution in [0.15, 0.2) is 39.7 Å². The first-order valence-corrected chi connectivity index (χ1v) is 8.54. The molecule has 0 atom stereocenters. The van der Waals surface area contributed by atoms with Crippen LogP contribution in [0.5, 0.6) is 0 Å². The average molecular weight is 372 g/mol. The summed E-state index contributed by atoms with van der Waals surface area (Å²) in [5.41, 5.74) is 3.30. The first-order valence-electron chi connectivity index (χ1n) is 6.26. The largest absolute Gasteiger partial charge is 0.279 e. The average Bonchev–Trinajstić information content (AvgIpc) is 2.33. The molecule has 0 spiro atoms. The summed E-state index contributed by atoms with van der Waals surface area (Å²) in [6.07, 6.45) is 0. The third-order valence-electron chi connectivity index (χ3n) is 3.10.